The Kier molecular flexibility index (Phi) is 3.16. The predicted molar refractivity (Wildman–Crippen MR) is 52.4 cm³/mol. The SMILES string of the molecule is FC1=CC(C2CCNCC2)CCC1F. The molecule has 0 saturated carbocycles. The molecule has 0 bridgehead atoms. The van der Waals surface area contributed by atoms with E-state index < -0.39 is 12.0 Å². The molecule has 1 aliphatic heterocycles. The van der Waals surface area contributed by atoms with Crippen LogP contribution in [0.15, 0.2) is 11.9 Å². The van der Waals surface area contributed by atoms with Gasteiger partial charge in [-0.15, -0.1) is 0 Å². The van der Waals surface area contributed by atoms with Crippen molar-refractivity contribution in [1.29, 1.82) is 0 Å². The first kappa shape index (κ1) is 10.1. The van der Waals surface area contributed by atoms with Gasteiger partial charge in [0.2, 0.25) is 0 Å². The van der Waals surface area contributed by atoms with Crippen LogP contribution in [0.25, 0.3) is 0 Å². The van der Waals surface area contributed by atoms with E-state index in [4.69, 9.17) is 0 Å². The van der Waals surface area contributed by atoms with Gasteiger partial charge in [0.25, 0.3) is 0 Å². The predicted octanol–water partition coefficient (Wildman–Crippen LogP) is 2.59. The summed E-state index contributed by atoms with van der Waals surface area (Å²) in [6.45, 7) is 2.05. The zero-order chi connectivity index (χ0) is 9.97. The monoisotopic (exact) mass is 201 g/mol. The highest BCUT2D eigenvalue weighted by molar-refractivity contribution is 5.07. The maximum absolute atomic E-state index is 13.1. The molecule has 0 spiro atoms. The second-order valence-corrected chi connectivity index (χ2v) is 4.35. The van der Waals surface area contributed by atoms with Crippen molar-refractivity contribution in [2.45, 2.75) is 31.9 Å². The van der Waals surface area contributed by atoms with Crippen LogP contribution >= 0.6 is 0 Å². The van der Waals surface area contributed by atoms with E-state index in [0.29, 0.717) is 12.3 Å². The molecule has 0 aromatic heterocycles. The molecule has 1 fully saturated rings. The molecule has 0 aromatic rings. The van der Waals surface area contributed by atoms with Crippen LogP contribution < -0.4 is 5.32 Å². The first-order chi connectivity index (χ1) is 6.77. The summed E-state index contributed by atoms with van der Waals surface area (Å²) in [6.07, 6.45) is 3.60. The van der Waals surface area contributed by atoms with Crippen molar-refractivity contribution in [1.82, 2.24) is 5.32 Å². The molecule has 3 heteroatoms. The molecule has 1 aliphatic carbocycles. The highest BCUT2D eigenvalue weighted by Gasteiger charge is 2.28. The Labute approximate surface area is 83.6 Å². The van der Waals surface area contributed by atoms with Crippen molar-refractivity contribution in [3.8, 4) is 0 Å². The van der Waals surface area contributed by atoms with Crippen LogP contribution in [0.4, 0.5) is 8.78 Å². The molecular formula is C11H17F2N. The largest absolute Gasteiger partial charge is 0.317 e. The van der Waals surface area contributed by atoms with Crippen LogP contribution in [-0.4, -0.2) is 19.3 Å². The number of nitrogens with one attached hydrogen (secondary N) is 1. The van der Waals surface area contributed by atoms with Gasteiger partial charge >= 0.3 is 0 Å². The highest BCUT2D eigenvalue weighted by atomic mass is 19.2. The number of halogens is 2. The van der Waals surface area contributed by atoms with Gasteiger partial charge < -0.3 is 5.32 Å². The fourth-order valence-electron chi connectivity index (χ4n) is 2.51. The second-order valence-electron chi connectivity index (χ2n) is 4.35. The van der Waals surface area contributed by atoms with Gasteiger partial charge in [-0.2, -0.15) is 0 Å². The Balaban J connectivity index is 1.97. The summed E-state index contributed by atoms with van der Waals surface area (Å²) in [5, 5.41) is 3.29. The van der Waals surface area contributed by atoms with E-state index in [1.165, 1.54) is 6.08 Å². The van der Waals surface area contributed by atoms with Crippen LogP contribution in [0, 0.1) is 11.8 Å². The third-order valence-corrected chi connectivity index (χ3v) is 3.42. The Bertz CT molecular complexity index is 221. The highest BCUT2D eigenvalue weighted by Crippen LogP contribution is 2.34. The Morgan fingerprint density at radius 3 is 2.50 bits per heavy atom. The summed E-state index contributed by atoms with van der Waals surface area (Å²) in [5.74, 6) is 0.318. The average Bonchev–Trinajstić information content (AvgIpc) is 2.23. The number of alkyl halides is 1. The molecule has 2 rings (SSSR count). The molecule has 1 N–H and O–H groups in total. The van der Waals surface area contributed by atoms with Crippen LogP contribution in [0.3, 0.4) is 0 Å². The second kappa shape index (κ2) is 4.39. The van der Waals surface area contributed by atoms with Crippen LogP contribution in [0.2, 0.25) is 0 Å². The summed E-state index contributed by atoms with van der Waals surface area (Å²) >= 11 is 0. The van der Waals surface area contributed by atoms with Crippen molar-refractivity contribution in [2.24, 2.45) is 11.8 Å². The van der Waals surface area contributed by atoms with Gasteiger partial charge in [-0.3, -0.25) is 0 Å². The summed E-state index contributed by atoms with van der Waals surface area (Å²) in [6, 6.07) is 0. The van der Waals surface area contributed by atoms with Gasteiger partial charge in [0.1, 0.15) is 5.83 Å². The van der Waals surface area contributed by atoms with Gasteiger partial charge in [-0.05, 0) is 56.7 Å². The fourth-order valence-corrected chi connectivity index (χ4v) is 2.51. The molecule has 14 heavy (non-hydrogen) atoms. The van der Waals surface area contributed by atoms with Gasteiger partial charge in [-0.25, -0.2) is 8.78 Å². The zero-order valence-electron chi connectivity index (χ0n) is 8.31. The molecule has 0 radical (unpaired) electrons. The summed E-state index contributed by atoms with van der Waals surface area (Å²) < 4.78 is 25.9. The standard InChI is InChI=1S/C11H17F2N/c12-10-2-1-9(7-11(10)13)8-3-5-14-6-4-8/h7-10,14H,1-6H2. The zero-order valence-corrected chi connectivity index (χ0v) is 8.31. The fraction of sp³-hybridized carbons (Fsp3) is 0.818. The van der Waals surface area contributed by atoms with E-state index in [1.807, 2.05) is 0 Å². The minimum absolute atomic E-state index is 0.282. The van der Waals surface area contributed by atoms with Crippen LogP contribution in [0.5, 0.6) is 0 Å². The van der Waals surface area contributed by atoms with Crippen LogP contribution in [0.1, 0.15) is 25.7 Å². The number of piperidine rings is 1. The molecule has 1 nitrogen and oxygen atoms in total. The first-order valence-corrected chi connectivity index (χ1v) is 5.49. The van der Waals surface area contributed by atoms with E-state index in [1.54, 1.807) is 0 Å². The molecular weight excluding hydrogens is 184 g/mol. The third-order valence-electron chi connectivity index (χ3n) is 3.42. The molecule has 1 saturated heterocycles. The summed E-state index contributed by atoms with van der Waals surface area (Å²) in [5.41, 5.74) is 0. The lowest BCUT2D eigenvalue weighted by molar-refractivity contribution is 0.219. The molecule has 0 amide bonds. The topological polar surface area (TPSA) is 12.0 Å². The van der Waals surface area contributed by atoms with Crippen LogP contribution in [-0.2, 0) is 0 Å². The van der Waals surface area contributed by atoms with Crippen molar-refractivity contribution in [3.05, 3.63) is 11.9 Å². The Morgan fingerprint density at radius 2 is 1.86 bits per heavy atom. The normalized spacial score (nSPS) is 35.4. The molecule has 2 aliphatic rings. The molecule has 80 valence electrons. The van der Waals surface area contributed by atoms with E-state index in [9.17, 15) is 8.78 Å². The molecule has 2 unspecified atom stereocenters. The molecule has 2 atom stereocenters. The Hall–Kier alpha value is -0.440. The number of hydrogen-bond acceptors (Lipinski definition) is 1. The van der Waals surface area contributed by atoms with E-state index in [-0.39, 0.29) is 5.92 Å². The minimum atomic E-state index is -1.33. The maximum Gasteiger partial charge on any atom is 0.151 e. The Morgan fingerprint density at radius 1 is 1.14 bits per heavy atom. The molecule has 1 heterocycles. The van der Waals surface area contributed by atoms with Crippen molar-refractivity contribution in [2.75, 3.05) is 13.1 Å². The third kappa shape index (κ3) is 2.14. The number of rotatable bonds is 1. The van der Waals surface area contributed by atoms with Crippen molar-refractivity contribution >= 4 is 0 Å². The lowest BCUT2D eigenvalue weighted by atomic mass is 9.79. The number of allylic oxidation sites excluding steroid dienone is 2. The van der Waals surface area contributed by atoms with Gasteiger partial charge in [0, 0.05) is 0 Å². The van der Waals surface area contributed by atoms with Gasteiger partial charge in [0.05, 0.1) is 0 Å². The van der Waals surface area contributed by atoms with Crippen molar-refractivity contribution in [3.63, 3.8) is 0 Å². The van der Waals surface area contributed by atoms with E-state index >= 15 is 0 Å². The lowest BCUT2D eigenvalue weighted by Gasteiger charge is -2.31. The minimum Gasteiger partial charge on any atom is -0.317 e. The van der Waals surface area contributed by atoms with E-state index in [2.05, 4.69) is 5.32 Å². The average molecular weight is 201 g/mol. The first-order valence-electron chi connectivity index (χ1n) is 5.49. The summed E-state index contributed by atoms with van der Waals surface area (Å²) in [4.78, 5) is 0. The lowest BCUT2D eigenvalue weighted by Crippen LogP contribution is -2.32. The quantitative estimate of drug-likeness (QED) is 0.687. The summed E-state index contributed by atoms with van der Waals surface area (Å²) in [7, 11) is 0. The van der Waals surface area contributed by atoms with E-state index in [0.717, 1.165) is 32.4 Å². The van der Waals surface area contributed by atoms with Gasteiger partial charge in [0.15, 0.2) is 6.17 Å². The number of hydrogen-bond donors (Lipinski definition) is 1. The molecule has 0 aromatic carbocycles. The van der Waals surface area contributed by atoms with Gasteiger partial charge in [-0.1, -0.05) is 0 Å². The van der Waals surface area contributed by atoms with Crippen molar-refractivity contribution < 1.29 is 8.78 Å². The smallest absolute Gasteiger partial charge is 0.151 e. The maximum atomic E-state index is 13.1.